The molecule has 1 aromatic heterocycles. The number of carbonyl (C=O) groups is 1. The molecule has 184 valence electrons. The molecule has 0 atom stereocenters. The Morgan fingerprint density at radius 3 is 2.20 bits per heavy atom. The lowest BCUT2D eigenvalue weighted by molar-refractivity contribution is 0.0975. The van der Waals surface area contributed by atoms with Crippen LogP contribution in [-0.2, 0) is 6.54 Å². The highest BCUT2D eigenvalue weighted by atomic mass is 35.5. The number of benzene rings is 2. The van der Waals surface area contributed by atoms with Gasteiger partial charge in [0.05, 0.1) is 26.4 Å². The number of nitrogens with one attached hydrogen (secondary N) is 2. The molecule has 0 spiro atoms. The highest BCUT2D eigenvalue weighted by molar-refractivity contribution is 6.31. The Balaban J connectivity index is 1.91. The third kappa shape index (κ3) is 7.61. The third-order valence-electron chi connectivity index (χ3n) is 4.66. The maximum absolute atomic E-state index is 13.3. The van der Waals surface area contributed by atoms with E-state index in [0.717, 1.165) is 5.56 Å². The van der Waals surface area contributed by atoms with E-state index in [1.54, 1.807) is 36.7 Å². The van der Waals surface area contributed by atoms with Gasteiger partial charge < -0.3 is 19.5 Å². The number of ether oxygens (including phenoxy) is 3. The zero-order chi connectivity index (χ0) is 25.0. The standard InChI is InChI=1S/C26H29ClN4O4/c1-4-33-22-14-19(15-23(34-5-2)24(22)35-6-3)25(32)31-26(29-17-18-10-12-28-13-11-18)30-21-9-7-8-20(27)16-21/h7-16H,4-6,17H2,1-3H3,(H2,29,30,31,32). The smallest absolute Gasteiger partial charge is 0.258 e. The highest BCUT2D eigenvalue weighted by Crippen LogP contribution is 2.39. The fourth-order valence-electron chi connectivity index (χ4n) is 3.17. The highest BCUT2D eigenvalue weighted by Gasteiger charge is 2.19. The van der Waals surface area contributed by atoms with E-state index in [1.807, 2.05) is 45.0 Å². The Morgan fingerprint density at radius 1 is 0.943 bits per heavy atom. The van der Waals surface area contributed by atoms with Crippen molar-refractivity contribution in [3.05, 3.63) is 77.1 Å². The molecular formula is C26H29ClN4O4. The van der Waals surface area contributed by atoms with Crippen molar-refractivity contribution in [1.82, 2.24) is 10.3 Å². The molecule has 1 amide bonds. The molecule has 0 aliphatic rings. The molecule has 35 heavy (non-hydrogen) atoms. The molecule has 3 aromatic rings. The zero-order valence-electron chi connectivity index (χ0n) is 20.0. The summed E-state index contributed by atoms with van der Waals surface area (Å²) in [5.41, 5.74) is 1.96. The van der Waals surface area contributed by atoms with Crippen LogP contribution in [-0.4, -0.2) is 36.7 Å². The Hall–Kier alpha value is -3.78. The van der Waals surface area contributed by atoms with Gasteiger partial charge in [-0.3, -0.25) is 15.1 Å². The van der Waals surface area contributed by atoms with Gasteiger partial charge in [0, 0.05) is 28.7 Å². The van der Waals surface area contributed by atoms with Crippen LogP contribution in [0.3, 0.4) is 0 Å². The fourth-order valence-corrected chi connectivity index (χ4v) is 3.36. The summed E-state index contributed by atoms with van der Waals surface area (Å²) in [7, 11) is 0. The number of anilines is 1. The molecule has 0 aliphatic carbocycles. The fraction of sp³-hybridized carbons (Fsp3) is 0.269. The van der Waals surface area contributed by atoms with Crippen LogP contribution in [0, 0.1) is 0 Å². The van der Waals surface area contributed by atoms with Gasteiger partial charge in [0.15, 0.2) is 11.5 Å². The van der Waals surface area contributed by atoms with Gasteiger partial charge >= 0.3 is 0 Å². The van der Waals surface area contributed by atoms with E-state index in [1.165, 1.54) is 0 Å². The van der Waals surface area contributed by atoms with Crippen molar-refractivity contribution in [2.24, 2.45) is 4.99 Å². The van der Waals surface area contributed by atoms with Gasteiger partial charge in [-0.2, -0.15) is 0 Å². The Labute approximate surface area is 210 Å². The SMILES string of the molecule is CCOc1cc(C(=O)NC(=NCc2ccncc2)Nc2cccc(Cl)c2)cc(OCC)c1OCC. The van der Waals surface area contributed by atoms with E-state index in [9.17, 15) is 4.79 Å². The number of rotatable bonds is 10. The van der Waals surface area contributed by atoms with E-state index in [0.29, 0.717) is 59.9 Å². The van der Waals surface area contributed by atoms with Crippen molar-refractivity contribution in [3.63, 3.8) is 0 Å². The molecular weight excluding hydrogens is 468 g/mol. The number of guanidine groups is 1. The molecule has 9 heteroatoms. The summed E-state index contributed by atoms with van der Waals surface area (Å²) < 4.78 is 17.2. The maximum Gasteiger partial charge on any atom is 0.258 e. The van der Waals surface area contributed by atoms with E-state index in [4.69, 9.17) is 25.8 Å². The number of hydrogen-bond donors (Lipinski definition) is 2. The maximum atomic E-state index is 13.3. The number of aliphatic imine (C=N–C) groups is 1. The van der Waals surface area contributed by atoms with Gasteiger partial charge in [-0.05, 0) is 68.8 Å². The Bertz CT molecular complexity index is 1130. The summed E-state index contributed by atoms with van der Waals surface area (Å²) >= 11 is 6.12. The number of pyridine rings is 1. The average Bonchev–Trinajstić information content (AvgIpc) is 2.85. The second kappa shape index (κ2) is 13.2. The van der Waals surface area contributed by atoms with Gasteiger partial charge in [0.1, 0.15) is 0 Å². The van der Waals surface area contributed by atoms with E-state index >= 15 is 0 Å². The monoisotopic (exact) mass is 496 g/mol. The number of amides is 1. The third-order valence-corrected chi connectivity index (χ3v) is 4.89. The van der Waals surface area contributed by atoms with Crippen LogP contribution in [0.25, 0.3) is 0 Å². The Kier molecular flexibility index (Phi) is 9.74. The van der Waals surface area contributed by atoms with Crippen molar-refractivity contribution >= 4 is 29.2 Å². The van der Waals surface area contributed by atoms with Gasteiger partial charge in [0.25, 0.3) is 5.91 Å². The predicted molar refractivity (Wildman–Crippen MR) is 138 cm³/mol. The minimum atomic E-state index is -0.391. The summed E-state index contributed by atoms with van der Waals surface area (Å²) in [5.74, 6) is 1.21. The first-order valence-corrected chi connectivity index (χ1v) is 11.8. The quantitative estimate of drug-likeness (QED) is 0.291. The lowest BCUT2D eigenvalue weighted by Crippen LogP contribution is -2.36. The molecule has 2 aromatic carbocycles. The molecule has 0 bridgehead atoms. The molecule has 2 N–H and O–H groups in total. The summed E-state index contributed by atoms with van der Waals surface area (Å²) in [6, 6.07) is 14.1. The summed E-state index contributed by atoms with van der Waals surface area (Å²) in [5, 5.41) is 6.54. The van der Waals surface area contributed by atoms with Gasteiger partial charge in [-0.1, -0.05) is 17.7 Å². The van der Waals surface area contributed by atoms with Crippen LogP contribution in [0.1, 0.15) is 36.7 Å². The number of hydrogen-bond acceptors (Lipinski definition) is 6. The Morgan fingerprint density at radius 2 is 1.60 bits per heavy atom. The van der Waals surface area contributed by atoms with E-state index in [2.05, 4.69) is 20.6 Å². The lowest BCUT2D eigenvalue weighted by Gasteiger charge is -2.17. The number of carbonyl (C=O) groups excluding carboxylic acids is 1. The number of halogens is 1. The zero-order valence-corrected chi connectivity index (χ0v) is 20.8. The van der Waals surface area contributed by atoms with Crippen molar-refractivity contribution in [2.45, 2.75) is 27.3 Å². The summed E-state index contributed by atoms with van der Waals surface area (Å²) in [6.45, 7) is 7.18. The summed E-state index contributed by atoms with van der Waals surface area (Å²) in [6.07, 6.45) is 3.38. The van der Waals surface area contributed by atoms with Gasteiger partial charge in [-0.15, -0.1) is 0 Å². The molecule has 0 radical (unpaired) electrons. The number of nitrogens with zero attached hydrogens (tertiary/aromatic N) is 2. The van der Waals surface area contributed by atoms with Crippen molar-refractivity contribution in [1.29, 1.82) is 0 Å². The second-order valence-electron chi connectivity index (χ2n) is 7.21. The van der Waals surface area contributed by atoms with Crippen molar-refractivity contribution in [3.8, 4) is 17.2 Å². The average molecular weight is 497 g/mol. The number of aromatic nitrogens is 1. The molecule has 0 aliphatic heterocycles. The van der Waals surface area contributed by atoms with Crippen LogP contribution >= 0.6 is 11.6 Å². The van der Waals surface area contributed by atoms with Crippen LogP contribution in [0.5, 0.6) is 17.2 Å². The van der Waals surface area contributed by atoms with Crippen molar-refractivity contribution < 1.29 is 19.0 Å². The molecule has 1 heterocycles. The first-order valence-electron chi connectivity index (χ1n) is 11.4. The molecule has 0 fully saturated rings. The van der Waals surface area contributed by atoms with Gasteiger partial charge in [0.2, 0.25) is 11.7 Å². The minimum absolute atomic E-state index is 0.263. The van der Waals surface area contributed by atoms with Crippen LogP contribution in [0.15, 0.2) is 65.9 Å². The first kappa shape index (κ1) is 25.8. The molecule has 0 saturated carbocycles. The van der Waals surface area contributed by atoms with Gasteiger partial charge in [-0.25, -0.2) is 4.99 Å². The molecule has 8 nitrogen and oxygen atoms in total. The van der Waals surface area contributed by atoms with E-state index < -0.39 is 5.91 Å². The lowest BCUT2D eigenvalue weighted by atomic mass is 10.1. The second-order valence-corrected chi connectivity index (χ2v) is 7.65. The van der Waals surface area contributed by atoms with E-state index in [-0.39, 0.29) is 5.96 Å². The van der Waals surface area contributed by atoms with Crippen molar-refractivity contribution in [2.75, 3.05) is 25.1 Å². The first-order chi connectivity index (χ1) is 17.0. The summed E-state index contributed by atoms with van der Waals surface area (Å²) in [4.78, 5) is 21.9. The van der Waals surface area contributed by atoms with Crippen LogP contribution < -0.4 is 24.8 Å². The molecule has 0 unspecified atom stereocenters. The normalized spacial score (nSPS) is 11.0. The molecule has 3 rings (SSSR count). The molecule has 0 saturated heterocycles. The van der Waals surface area contributed by atoms with Crippen LogP contribution in [0.2, 0.25) is 5.02 Å². The predicted octanol–water partition coefficient (Wildman–Crippen LogP) is 5.33. The minimum Gasteiger partial charge on any atom is -0.490 e. The topological polar surface area (TPSA) is 94.1 Å². The largest absolute Gasteiger partial charge is 0.490 e. The van der Waals surface area contributed by atoms with Crippen LogP contribution in [0.4, 0.5) is 5.69 Å².